The molecule has 1 heterocycles. The molecule has 1 aromatic carbocycles. The molecule has 2 rings (SSSR count). The molecule has 0 amide bonds. The van der Waals surface area contributed by atoms with Crippen molar-refractivity contribution >= 4 is 40.0 Å². The fourth-order valence-corrected chi connectivity index (χ4v) is 3.93. The van der Waals surface area contributed by atoms with Crippen molar-refractivity contribution in [3.63, 3.8) is 0 Å². The number of guanidine groups is 1. The molecule has 0 spiro atoms. The van der Waals surface area contributed by atoms with Gasteiger partial charge in [-0.05, 0) is 37.5 Å². The van der Waals surface area contributed by atoms with Gasteiger partial charge in [-0.25, -0.2) is 18.1 Å². The van der Waals surface area contributed by atoms with E-state index in [1.165, 1.54) is 7.11 Å². The first-order valence-electron chi connectivity index (χ1n) is 9.25. The van der Waals surface area contributed by atoms with E-state index < -0.39 is 10.0 Å². The van der Waals surface area contributed by atoms with E-state index in [0.717, 1.165) is 44.0 Å². The van der Waals surface area contributed by atoms with Gasteiger partial charge in [0.25, 0.3) is 0 Å². The maximum absolute atomic E-state index is 12.3. The van der Waals surface area contributed by atoms with Crippen molar-refractivity contribution in [2.75, 3.05) is 39.9 Å². The van der Waals surface area contributed by atoms with Crippen molar-refractivity contribution in [2.24, 2.45) is 4.99 Å². The highest BCUT2D eigenvalue weighted by Crippen LogP contribution is 2.14. The Morgan fingerprint density at radius 3 is 2.71 bits per heavy atom. The van der Waals surface area contributed by atoms with Crippen molar-refractivity contribution in [3.8, 4) is 0 Å². The second-order valence-electron chi connectivity index (χ2n) is 6.43. The van der Waals surface area contributed by atoms with Crippen LogP contribution in [-0.2, 0) is 21.3 Å². The Labute approximate surface area is 184 Å². The van der Waals surface area contributed by atoms with E-state index in [0.29, 0.717) is 13.2 Å². The Kier molecular flexibility index (Phi) is 11.3. The number of likely N-dealkylation sites (tertiary alicyclic amines) is 1. The fourth-order valence-electron chi connectivity index (χ4n) is 2.84. The number of hydrogen-bond donors (Lipinski definition) is 3. The highest BCUT2D eigenvalue weighted by atomic mass is 127. The summed E-state index contributed by atoms with van der Waals surface area (Å²) in [5.74, 6) is 0.788. The third-order valence-corrected chi connectivity index (χ3v) is 5.78. The number of hydrogen-bond acceptors (Lipinski definition) is 5. The van der Waals surface area contributed by atoms with E-state index >= 15 is 0 Å². The Bertz CT molecular complexity index is 722. The number of aliphatic hydroxyl groups excluding tert-OH is 1. The molecule has 0 saturated carbocycles. The average Bonchev–Trinajstić information content (AvgIpc) is 2.66. The van der Waals surface area contributed by atoms with Gasteiger partial charge in [0.2, 0.25) is 10.0 Å². The van der Waals surface area contributed by atoms with Crippen molar-refractivity contribution in [1.82, 2.24) is 14.9 Å². The molecule has 0 radical (unpaired) electrons. The summed E-state index contributed by atoms with van der Waals surface area (Å²) >= 11 is 0. The third kappa shape index (κ3) is 7.82. The van der Waals surface area contributed by atoms with Crippen LogP contribution in [0.15, 0.2) is 34.2 Å². The van der Waals surface area contributed by atoms with Crippen LogP contribution in [0, 0.1) is 0 Å². The number of aliphatic imine (C=N–C) groups is 1. The van der Waals surface area contributed by atoms with Crippen LogP contribution in [0.5, 0.6) is 0 Å². The number of ether oxygens (including phenoxy) is 1. The predicted molar refractivity (Wildman–Crippen MR) is 121 cm³/mol. The van der Waals surface area contributed by atoms with Crippen LogP contribution in [0.1, 0.15) is 25.3 Å². The summed E-state index contributed by atoms with van der Waals surface area (Å²) in [6, 6.07) is 6.79. The van der Waals surface area contributed by atoms with E-state index in [-0.39, 0.29) is 41.5 Å². The van der Waals surface area contributed by atoms with Crippen molar-refractivity contribution in [1.29, 1.82) is 0 Å². The number of benzene rings is 1. The number of rotatable bonds is 8. The first-order chi connectivity index (χ1) is 13.0. The number of methoxy groups -OCH3 is 1. The molecule has 0 atom stereocenters. The first kappa shape index (κ1) is 25.1. The Morgan fingerprint density at radius 1 is 1.36 bits per heavy atom. The molecule has 1 fully saturated rings. The zero-order chi connectivity index (χ0) is 19.7. The lowest BCUT2D eigenvalue weighted by Crippen LogP contribution is -2.46. The van der Waals surface area contributed by atoms with Gasteiger partial charge in [-0.15, -0.1) is 24.0 Å². The molecule has 28 heavy (non-hydrogen) atoms. The maximum atomic E-state index is 12.3. The van der Waals surface area contributed by atoms with Crippen molar-refractivity contribution in [3.05, 3.63) is 29.8 Å². The molecular formula is C18H31IN4O4S. The number of nitrogens with zero attached hydrogens (tertiary/aromatic N) is 2. The molecule has 0 bridgehead atoms. The Balaban J connectivity index is 0.00000392. The molecule has 1 aliphatic heterocycles. The molecule has 1 aliphatic rings. The van der Waals surface area contributed by atoms with Crippen LogP contribution in [0.25, 0.3) is 0 Å². The summed E-state index contributed by atoms with van der Waals surface area (Å²) in [5, 5.41) is 12.9. The van der Waals surface area contributed by atoms with Crippen LogP contribution in [0.3, 0.4) is 0 Å². The number of sulfonamides is 1. The summed E-state index contributed by atoms with van der Waals surface area (Å²) in [5.41, 5.74) is 0.817. The molecule has 3 N–H and O–H groups in total. The average molecular weight is 526 g/mol. The summed E-state index contributed by atoms with van der Waals surface area (Å²) in [4.78, 5) is 6.99. The van der Waals surface area contributed by atoms with Gasteiger partial charge >= 0.3 is 0 Å². The predicted octanol–water partition coefficient (Wildman–Crippen LogP) is 1.15. The van der Waals surface area contributed by atoms with Gasteiger partial charge in [0, 0.05) is 33.3 Å². The minimum absolute atomic E-state index is 0. The number of halogens is 1. The van der Waals surface area contributed by atoms with Crippen LogP contribution < -0.4 is 10.0 Å². The van der Waals surface area contributed by atoms with E-state index in [9.17, 15) is 13.5 Å². The lowest BCUT2D eigenvalue weighted by Gasteiger charge is -2.32. The second kappa shape index (κ2) is 12.6. The molecule has 1 aromatic rings. The normalized spacial score (nSPS) is 16.0. The molecule has 160 valence electrons. The quantitative estimate of drug-likeness (QED) is 0.203. The molecular weight excluding hydrogens is 495 g/mol. The van der Waals surface area contributed by atoms with E-state index in [2.05, 4.69) is 19.9 Å². The molecule has 8 nitrogen and oxygen atoms in total. The summed E-state index contributed by atoms with van der Waals surface area (Å²) < 4.78 is 32.1. The third-order valence-electron chi connectivity index (χ3n) is 4.32. The zero-order valence-electron chi connectivity index (χ0n) is 16.4. The molecule has 0 aliphatic carbocycles. The maximum Gasteiger partial charge on any atom is 0.240 e. The SMILES string of the molecule is CCNC(=NCc1cccc(S(=O)(=O)NCCOC)c1)N1CCC(O)CC1.I. The van der Waals surface area contributed by atoms with Crippen molar-refractivity contribution < 1.29 is 18.3 Å². The van der Waals surface area contributed by atoms with Crippen LogP contribution >= 0.6 is 24.0 Å². The largest absolute Gasteiger partial charge is 0.393 e. The van der Waals surface area contributed by atoms with Gasteiger partial charge in [0.05, 0.1) is 24.2 Å². The standard InChI is InChI=1S/C18H30N4O4S.HI/c1-3-19-18(22-10-7-16(23)8-11-22)20-14-15-5-4-6-17(13-15)27(24,25)21-9-12-26-2;/h4-6,13,16,21,23H,3,7-12,14H2,1-2H3,(H,19,20);1H. The van der Waals surface area contributed by atoms with Crippen LogP contribution in [-0.4, -0.2) is 70.4 Å². The lowest BCUT2D eigenvalue weighted by atomic mass is 10.1. The summed E-state index contributed by atoms with van der Waals surface area (Å²) in [6.07, 6.45) is 1.22. The molecule has 0 aromatic heterocycles. The Hall–Kier alpha value is -0.950. The summed E-state index contributed by atoms with van der Waals surface area (Å²) in [7, 11) is -2.04. The number of aliphatic hydroxyl groups is 1. The Morgan fingerprint density at radius 2 is 2.07 bits per heavy atom. The number of nitrogens with one attached hydrogen (secondary N) is 2. The van der Waals surface area contributed by atoms with Crippen LogP contribution in [0.4, 0.5) is 0 Å². The summed E-state index contributed by atoms with van der Waals surface area (Å²) in [6.45, 7) is 5.19. The fraction of sp³-hybridized carbons (Fsp3) is 0.611. The van der Waals surface area contributed by atoms with Crippen molar-refractivity contribution in [2.45, 2.75) is 37.3 Å². The highest BCUT2D eigenvalue weighted by molar-refractivity contribution is 14.0. The van der Waals surface area contributed by atoms with Crippen LogP contribution in [0.2, 0.25) is 0 Å². The van der Waals surface area contributed by atoms with Gasteiger partial charge in [-0.3, -0.25) is 0 Å². The molecule has 0 unspecified atom stereocenters. The minimum Gasteiger partial charge on any atom is -0.393 e. The topological polar surface area (TPSA) is 103 Å². The van der Waals surface area contributed by atoms with Gasteiger partial charge in [0.15, 0.2) is 5.96 Å². The van der Waals surface area contributed by atoms with Gasteiger partial charge < -0.3 is 20.1 Å². The van der Waals surface area contributed by atoms with Gasteiger partial charge in [-0.1, -0.05) is 12.1 Å². The van der Waals surface area contributed by atoms with E-state index in [1.807, 2.05) is 13.0 Å². The zero-order valence-corrected chi connectivity index (χ0v) is 19.6. The number of piperidine rings is 1. The highest BCUT2D eigenvalue weighted by Gasteiger charge is 2.19. The smallest absolute Gasteiger partial charge is 0.240 e. The monoisotopic (exact) mass is 526 g/mol. The van der Waals surface area contributed by atoms with Gasteiger partial charge in [-0.2, -0.15) is 0 Å². The first-order valence-corrected chi connectivity index (χ1v) is 10.7. The lowest BCUT2D eigenvalue weighted by molar-refractivity contribution is 0.108. The van der Waals surface area contributed by atoms with E-state index in [4.69, 9.17) is 4.74 Å². The minimum atomic E-state index is -3.56. The van der Waals surface area contributed by atoms with E-state index in [1.54, 1.807) is 18.2 Å². The molecule has 1 saturated heterocycles. The molecule has 10 heteroatoms. The van der Waals surface area contributed by atoms with Gasteiger partial charge in [0.1, 0.15) is 0 Å². The second-order valence-corrected chi connectivity index (χ2v) is 8.19.